The Labute approximate surface area is 141 Å². The zero-order valence-electron chi connectivity index (χ0n) is 14.7. The van der Waals surface area contributed by atoms with Crippen molar-refractivity contribution in [2.45, 2.75) is 39.1 Å². The highest BCUT2D eigenvalue weighted by Crippen LogP contribution is 2.20. The van der Waals surface area contributed by atoms with Crippen molar-refractivity contribution in [3.63, 3.8) is 0 Å². The highest BCUT2D eigenvalue weighted by molar-refractivity contribution is 7.97. The SMILES string of the molecule is C#C.CC(C)C.CCOCCN(C)Sc1ccc(CN)cc1. The average molecular weight is 325 g/mol. The third-order valence-electron chi connectivity index (χ3n) is 2.17. The van der Waals surface area contributed by atoms with Crippen molar-refractivity contribution in [3.05, 3.63) is 29.8 Å². The molecule has 0 spiro atoms. The second-order valence-electron chi connectivity index (χ2n) is 5.22. The Hall–Kier alpha value is -0.990. The summed E-state index contributed by atoms with van der Waals surface area (Å²) in [5, 5.41) is 0. The van der Waals surface area contributed by atoms with Gasteiger partial charge in [-0.1, -0.05) is 32.9 Å². The molecule has 1 aromatic carbocycles. The van der Waals surface area contributed by atoms with Crippen molar-refractivity contribution in [1.29, 1.82) is 0 Å². The van der Waals surface area contributed by atoms with Crippen molar-refractivity contribution < 1.29 is 4.74 Å². The highest BCUT2D eigenvalue weighted by Gasteiger charge is 2.01. The summed E-state index contributed by atoms with van der Waals surface area (Å²) in [5.74, 6) is 0.833. The highest BCUT2D eigenvalue weighted by atomic mass is 32.2. The number of ether oxygens (including phenoxy) is 1. The van der Waals surface area contributed by atoms with Crippen molar-refractivity contribution in [2.24, 2.45) is 11.7 Å². The first kappa shape index (κ1) is 23.3. The Balaban J connectivity index is 0. The molecule has 0 aliphatic heterocycles. The predicted octanol–water partition coefficient (Wildman–Crippen LogP) is 4.03. The Morgan fingerprint density at radius 2 is 1.68 bits per heavy atom. The lowest BCUT2D eigenvalue weighted by Gasteiger charge is -2.15. The fourth-order valence-corrected chi connectivity index (χ4v) is 2.03. The van der Waals surface area contributed by atoms with Crippen molar-refractivity contribution in [2.75, 3.05) is 26.8 Å². The van der Waals surface area contributed by atoms with E-state index in [1.165, 1.54) is 10.5 Å². The Kier molecular flexibility index (Phi) is 17.3. The van der Waals surface area contributed by atoms with Gasteiger partial charge < -0.3 is 10.5 Å². The Morgan fingerprint density at radius 1 is 1.18 bits per heavy atom. The standard InChI is InChI=1S/C12H20N2OS.C4H10.C2H2/c1-3-15-9-8-14(2)16-12-6-4-11(10-13)5-7-12;1-4(2)3;1-2/h4-7H,3,8-10,13H2,1-2H3;4H,1-3H3;1-2H. The molecule has 126 valence electrons. The van der Waals surface area contributed by atoms with E-state index >= 15 is 0 Å². The molecule has 2 N–H and O–H groups in total. The van der Waals surface area contributed by atoms with E-state index in [1.54, 1.807) is 11.9 Å². The van der Waals surface area contributed by atoms with Crippen LogP contribution in [0.1, 0.15) is 33.3 Å². The number of rotatable bonds is 7. The van der Waals surface area contributed by atoms with E-state index in [4.69, 9.17) is 10.5 Å². The van der Waals surface area contributed by atoms with Crippen molar-refractivity contribution in [1.82, 2.24) is 4.31 Å². The molecule has 1 rings (SSSR count). The van der Waals surface area contributed by atoms with E-state index in [9.17, 15) is 0 Å². The average Bonchev–Trinajstić information content (AvgIpc) is 2.50. The van der Waals surface area contributed by atoms with E-state index in [1.807, 2.05) is 6.92 Å². The zero-order chi connectivity index (χ0) is 17.4. The van der Waals surface area contributed by atoms with Gasteiger partial charge in [-0.15, -0.1) is 12.8 Å². The molecule has 1 aromatic rings. The summed E-state index contributed by atoms with van der Waals surface area (Å²) in [5.41, 5.74) is 6.72. The van der Waals surface area contributed by atoms with Crippen LogP contribution in [0.25, 0.3) is 0 Å². The second kappa shape index (κ2) is 16.4. The molecule has 0 radical (unpaired) electrons. The van der Waals surface area contributed by atoms with Gasteiger partial charge in [-0.05, 0) is 49.5 Å². The zero-order valence-corrected chi connectivity index (χ0v) is 15.5. The number of likely N-dealkylation sites (N-methyl/N-ethyl adjacent to an activating group) is 1. The summed E-state index contributed by atoms with van der Waals surface area (Å²) in [4.78, 5) is 1.23. The first-order chi connectivity index (χ1) is 10.5. The smallest absolute Gasteiger partial charge is 0.0602 e. The fraction of sp³-hybridized carbons (Fsp3) is 0.556. The van der Waals surface area contributed by atoms with Crippen LogP contribution in [0.15, 0.2) is 29.2 Å². The van der Waals surface area contributed by atoms with Crippen LogP contribution < -0.4 is 5.73 Å². The van der Waals surface area contributed by atoms with Crippen LogP contribution >= 0.6 is 11.9 Å². The van der Waals surface area contributed by atoms with Gasteiger partial charge in [-0.25, -0.2) is 4.31 Å². The van der Waals surface area contributed by atoms with Gasteiger partial charge in [0.15, 0.2) is 0 Å². The largest absolute Gasteiger partial charge is 0.380 e. The number of nitrogens with two attached hydrogens (primary N) is 1. The van der Waals surface area contributed by atoms with Gasteiger partial charge in [0, 0.05) is 24.6 Å². The molecule has 0 heterocycles. The summed E-state index contributed by atoms with van der Waals surface area (Å²) in [7, 11) is 2.07. The molecule has 0 fully saturated rings. The van der Waals surface area contributed by atoms with Gasteiger partial charge in [-0.2, -0.15) is 0 Å². The molecule has 0 saturated carbocycles. The molecular formula is C18H32N2OS. The number of hydrogen-bond donors (Lipinski definition) is 1. The topological polar surface area (TPSA) is 38.5 Å². The van der Waals surface area contributed by atoms with E-state index in [0.717, 1.165) is 25.7 Å². The van der Waals surface area contributed by atoms with Crippen molar-refractivity contribution in [3.8, 4) is 12.8 Å². The van der Waals surface area contributed by atoms with E-state index in [2.05, 4.69) is 69.2 Å². The maximum atomic E-state index is 5.55. The molecule has 22 heavy (non-hydrogen) atoms. The molecule has 0 aliphatic carbocycles. The lowest BCUT2D eigenvalue weighted by atomic mass is 10.2. The summed E-state index contributed by atoms with van der Waals surface area (Å²) in [6.45, 7) is 11.6. The van der Waals surface area contributed by atoms with Gasteiger partial charge in [0.25, 0.3) is 0 Å². The fourth-order valence-electron chi connectivity index (χ4n) is 1.25. The van der Waals surface area contributed by atoms with Crippen LogP contribution in [-0.2, 0) is 11.3 Å². The number of hydrogen-bond acceptors (Lipinski definition) is 4. The Bertz CT molecular complexity index is 360. The maximum Gasteiger partial charge on any atom is 0.0602 e. The normalized spacial score (nSPS) is 9.73. The van der Waals surface area contributed by atoms with Crippen molar-refractivity contribution >= 4 is 11.9 Å². The molecule has 4 heteroatoms. The summed E-state index contributed by atoms with van der Waals surface area (Å²) in [6.07, 6.45) is 8.00. The minimum Gasteiger partial charge on any atom is -0.380 e. The van der Waals surface area contributed by atoms with Crippen LogP contribution in [0.3, 0.4) is 0 Å². The van der Waals surface area contributed by atoms with Gasteiger partial charge in [-0.3, -0.25) is 0 Å². The molecule has 3 nitrogen and oxygen atoms in total. The third-order valence-corrected chi connectivity index (χ3v) is 3.15. The minimum absolute atomic E-state index is 0.602. The molecule has 0 amide bonds. The van der Waals surface area contributed by atoms with Crippen LogP contribution in [0.4, 0.5) is 0 Å². The number of benzene rings is 1. The van der Waals surface area contributed by atoms with Gasteiger partial charge in [0.05, 0.1) is 6.61 Å². The number of nitrogens with zero attached hydrogens (tertiary/aromatic N) is 1. The van der Waals surface area contributed by atoms with Gasteiger partial charge >= 0.3 is 0 Å². The summed E-state index contributed by atoms with van der Waals surface area (Å²) >= 11 is 1.73. The lowest BCUT2D eigenvalue weighted by Crippen LogP contribution is -2.15. The van der Waals surface area contributed by atoms with E-state index < -0.39 is 0 Å². The van der Waals surface area contributed by atoms with E-state index in [-0.39, 0.29) is 0 Å². The monoisotopic (exact) mass is 324 g/mol. The van der Waals surface area contributed by atoms with Crippen LogP contribution in [0, 0.1) is 18.8 Å². The first-order valence-electron chi connectivity index (χ1n) is 7.58. The molecule has 0 atom stereocenters. The molecule has 0 saturated heterocycles. The minimum atomic E-state index is 0.602. The summed E-state index contributed by atoms with van der Waals surface area (Å²) < 4.78 is 7.48. The predicted molar refractivity (Wildman–Crippen MR) is 99.7 cm³/mol. The first-order valence-corrected chi connectivity index (χ1v) is 8.36. The van der Waals surface area contributed by atoms with Crippen LogP contribution in [0.5, 0.6) is 0 Å². The molecule has 0 aliphatic rings. The quantitative estimate of drug-likeness (QED) is 0.467. The van der Waals surface area contributed by atoms with E-state index in [0.29, 0.717) is 6.54 Å². The second-order valence-corrected chi connectivity index (χ2v) is 6.50. The van der Waals surface area contributed by atoms with Crippen LogP contribution in [-0.4, -0.2) is 31.1 Å². The Morgan fingerprint density at radius 3 is 2.09 bits per heavy atom. The third kappa shape index (κ3) is 15.4. The van der Waals surface area contributed by atoms with Gasteiger partial charge in [0.2, 0.25) is 0 Å². The number of terminal acetylenes is 1. The van der Waals surface area contributed by atoms with Gasteiger partial charge in [0.1, 0.15) is 0 Å². The maximum absolute atomic E-state index is 5.55. The molecule has 0 unspecified atom stereocenters. The lowest BCUT2D eigenvalue weighted by molar-refractivity contribution is 0.140. The molecular weight excluding hydrogens is 292 g/mol. The molecule has 0 aromatic heterocycles. The molecule has 0 bridgehead atoms. The van der Waals surface area contributed by atoms with Crippen LogP contribution in [0.2, 0.25) is 0 Å². The summed E-state index contributed by atoms with van der Waals surface area (Å²) in [6, 6.07) is 8.34.